The standard InChI is InChI=1S/C30H47NO8/c1-10-11-18(2)28(36)37-17-19(3)25(26(31)27(34)35)20-12-13-21(38-23(32)15-29(4,5)6)22(14-20)39-24(33)16-30(7,8)9/h12-14,18-19,25-26H,10-11,15-17,31H2,1-9H3,(H,34,35)/t18?,19?,25?,26-/m0/s1. The first-order chi connectivity index (χ1) is 17.8. The summed E-state index contributed by atoms with van der Waals surface area (Å²) in [6.07, 6.45) is 1.76. The minimum Gasteiger partial charge on any atom is -0.480 e. The van der Waals surface area contributed by atoms with Crippen LogP contribution in [-0.4, -0.2) is 41.6 Å². The number of nitrogens with two attached hydrogens (primary N) is 1. The summed E-state index contributed by atoms with van der Waals surface area (Å²) in [5, 5.41) is 9.73. The molecule has 9 heteroatoms. The molecular weight excluding hydrogens is 502 g/mol. The maximum absolute atomic E-state index is 12.7. The summed E-state index contributed by atoms with van der Waals surface area (Å²) in [6.45, 7) is 16.8. The molecule has 1 rings (SSSR count). The molecule has 0 aliphatic carbocycles. The zero-order chi connectivity index (χ0) is 30.1. The molecule has 0 heterocycles. The second-order valence-electron chi connectivity index (χ2n) is 12.8. The van der Waals surface area contributed by atoms with Gasteiger partial charge in [-0.25, -0.2) is 0 Å². The molecule has 4 atom stereocenters. The number of esters is 3. The second-order valence-corrected chi connectivity index (χ2v) is 12.8. The molecule has 0 radical (unpaired) electrons. The van der Waals surface area contributed by atoms with Crippen molar-refractivity contribution < 1.29 is 38.5 Å². The van der Waals surface area contributed by atoms with Crippen LogP contribution in [0.5, 0.6) is 11.5 Å². The van der Waals surface area contributed by atoms with Crippen LogP contribution in [0.1, 0.15) is 99.5 Å². The van der Waals surface area contributed by atoms with E-state index in [0.29, 0.717) is 12.0 Å². The number of benzene rings is 1. The van der Waals surface area contributed by atoms with Crippen molar-refractivity contribution in [3.05, 3.63) is 23.8 Å². The highest BCUT2D eigenvalue weighted by atomic mass is 16.6. The summed E-state index contributed by atoms with van der Waals surface area (Å²) >= 11 is 0. The lowest BCUT2D eigenvalue weighted by Crippen LogP contribution is -2.40. The Hall–Kier alpha value is -2.94. The molecule has 1 aromatic rings. The molecule has 0 aliphatic rings. The van der Waals surface area contributed by atoms with Gasteiger partial charge in [-0.3, -0.25) is 19.2 Å². The minimum atomic E-state index is -1.33. The topological polar surface area (TPSA) is 142 Å². The van der Waals surface area contributed by atoms with Gasteiger partial charge < -0.3 is 25.1 Å². The smallest absolute Gasteiger partial charge is 0.321 e. The van der Waals surface area contributed by atoms with Crippen LogP contribution >= 0.6 is 0 Å². The van der Waals surface area contributed by atoms with Crippen LogP contribution in [0, 0.1) is 22.7 Å². The maximum atomic E-state index is 12.7. The Morgan fingerprint density at radius 1 is 0.897 bits per heavy atom. The average Bonchev–Trinajstić information content (AvgIpc) is 2.76. The fourth-order valence-electron chi connectivity index (χ4n) is 4.13. The molecule has 3 unspecified atom stereocenters. The largest absolute Gasteiger partial charge is 0.480 e. The number of hydrogen-bond donors (Lipinski definition) is 2. The third kappa shape index (κ3) is 12.2. The van der Waals surface area contributed by atoms with Gasteiger partial charge in [0.15, 0.2) is 11.5 Å². The highest BCUT2D eigenvalue weighted by molar-refractivity contribution is 5.78. The fraction of sp³-hybridized carbons (Fsp3) is 0.667. The van der Waals surface area contributed by atoms with E-state index < -0.39 is 35.8 Å². The van der Waals surface area contributed by atoms with Crippen molar-refractivity contribution in [1.29, 1.82) is 0 Å². The van der Waals surface area contributed by atoms with E-state index in [1.165, 1.54) is 12.1 Å². The monoisotopic (exact) mass is 549 g/mol. The lowest BCUT2D eigenvalue weighted by atomic mass is 9.82. The van der Waals surface area contributed by atoms with Crippen molar-refractivity contribution in [3.8, 4) is 11.5 Å². The van der Waals surface area contributed by atoms with Gasteiger partial charge in [0.25, 0.3) is 0 Å². The summed E-state index contributed by atoms with van der Waals surface area (Å²) in [6, 6.07) is 3.20. The fourth-order valence-corrected chi connectivity index (χ4v) is 4.13. The number of carboxylic acids is 1. The number of rotatable bonds is 13. The van der Waals surface area contributed by atoms with Crippen LogP contribution < -0.4 is 15.2 Å². The van der Waals surface area contributed by atoms with Crippen LogP contribution in [0.15, 0.2) is 18.2 Å². The summed E-state index contributed by atoms with van der Waals surface area (Å²) in [4.78, 5) is 49.6. The number of aliphatic carboxylic acids is 1. The van der Waals surface area contributed by atoms with E-state index in [1.54, 1.807) is 19.9 Å². The average molecular weight is 550 g/mol. The molecule has 0 fully saturated rings. The Balaban J connectivity index is 3.40. The lowest BCUT2D eigenvalue weighted by Gasteiger charge is -2.28. The predicted octanol–water partition coefficient (Wildman–Crippen LogP) is 5.48. The summed E-state index contributed by atoms with van der Waals surface area (Å²) in [5.41, 5.74) is 5.88. The maximum Gasteiger partial charge on any atom is 0.321 e. The van der Waals surface area contributed by atoms with Crippen LogP contribution in [0.3, 0.4) is 0 Å². The molecule has 0 bridgehead atoms. The molecule has 0 spiro atoms. The zero-order valence-electron chi connectivity index (χ0n) is 25.0. The predicted molar refractivity (Wildman–Crippen MR) is 148 cm³/mol. The van der Waals surface area contributed by atoms with Crippen LogP contribution in [-0.2, 0) is 23.9 Å². The van der Waals surface area contributed by atoms with Gasteiger partial charge in [0.1, 0.15) is 6.04 Å². The van der Waals surface area contributed by atoms with Crippen LogP contribution in [0.2, 0.25) is 0 Å². The zero-order valence-corrected chi connectivity index (χ0v) is 25.0. The second kappa shape index (κ2) is 14.4. The Morgan fingerprint density at radius 2 is 1.41 bits per heavy atom. The highest BCUT2D eigenvalue weighted by Gasteiger charge is 2.33. The Labute approximate surface area is 232 Å². The first-order valence-electron chi connectivity index (χ1n) is 13.5. The van der Waals surface area contributed by atoms with Gasteiger partial charge in [0.05, 0.1) is 25.4 Å². The van der Waals surface area contributed by atoms with E-state index >= 15 is 0 Å². The Bertz CT molecular complexity index is 1010. The summed E-state index contributed by atoms with van der Waals surface area (Å²) in [5.74, 6) is -4.13. The third-order valence-corrected chi connectivity index (χ3v) is 6.05. The Kier molecular flexibility index (Phi) is 12.6. The van der Waals surface area contributed by atoms with E-state index in [-0.39, 0.29) is 53.7 Å². The number of carbonyl (C=O) groups is 4. The first kappa shape index (κ1) is 34.1. The molecule has 220 valence electrons. The Morgan fingerprint density at radius 3 is 1.87 bits per heavy atom. The minimum absolute atomic E-state index is 0.00707. The van der Waals surface area contributed by atoms with E-state index in [2.05, 4.69) is 0 Å². The van der Waals surface area contributed by atoms with Gasteiger partial charge in [0.2, 0.25) is 0 Å². The van der Waals surface area contributed by atoms with Crippen molar-refractivity contribution in [1.82, 2.24) is 0 Å². The molecule has 9 nitrogen and oxygen atoms in total. The van der Waals surface area contributed by atoms with E-state index in [1.807, 2.05) is 48.5 Å². The van der Waals surface area contributed by atoms with Crippen molar-refractivity contribution in [2.45, 2.75) is 100.0 Å². The molecular formula is C30H47NO8. The van der Waals surface area contributed by atoms with Gasteiger partial charge >= 0.3 is 23.9 Å². The van der Waals surface area contributed by atoms with Gasteiger partial charge in [0, 0.05) is 5.92 Å². The molecule has 0 amide bonds. The SMILES string of the molecule is CCCC(C)C(=O)OCC(C)C(c1ccc(OC(=O)CC(C)(C)C)c(OC(=O)CC(C)(C)C)c1)[C@H](N)C(=O)O. The molecule has 0 saturated heterocycles. The number of hydrogen-bond acceptors (Lipinski definition) is 8. The normalized spacial score (nSPS) is 15.0. The number of carboxylic acid groups (broad SMARTS) is 1. The third-order valence-electron chi connectivity index (χ3n) is 6.05. The van der Waals surface area contributed by atoms with Gasteiger partial charge in [-0.15, -0.1) is 0 Å². The highest BCUT2D eigenvalue weighted by Crippen LogP contribution is 2.37. The van der Waals surface area contributed by atoms with Gasteiger partial charge in [-0.1, -0.05) is 74.8 Å². The van der Waals surface area contributed by atoms with E-state index in [9.17, 15) is 24.3 Å². The van der Waals surface area contributed by atoms with Gasteiger partial charge in [-0.05, 0) is 40.9 Å². The molecule has 1 aromatic carbocycles. The molecule has 3 N–H and O–H groups in total. The molecule has 0 aliphatic heterocycles. The van der Waals surface area contributed by atoms with Crippen molar-refractivity contribution in [2.75, 3.05) is 6.61 Å². The van der Waals surface area contributed by atoms with Crippen LogP contribution in [0.25, 0.3) is 0 Å². The first-order valence-corrected chi connectivity index (χ1v) is 13.5. The van der Waals surface area contributed by atoms with Crippen molar-refractivity contribution >= 4 is 23.9 Å². The van der Waals surface area contributed by atoms with Gasteiger partial charge in [-0.2, -0.15) is 0 Å². The number of carbonyl (C=O) groups excluding carboxylic acids is 3. The summed E-state index contributed by atoms with van der Waals surface area (Å²) in [7, 11) is 0. The quantitative estimate of drug-likeness (QED) is 0.241. The van der Waals surface area contributed by atoms with E-state index in [4.69, 9.17) is 19.9 Å². The summed E-state index contributed by atoms with van der Waals surface area (Å²) < 4.78 is 16.7. The van der Waals surface area contributed by atoms with Crippen molar-refractivity contribution in [2.24, 2.45) is 28.4 Å². The lowest BCUT2D eigenvalue weighted by molar-refractivity contribution is -0.150. The molecule has 0 saturated carbocycles. The van der Waals surface area contributed by atoms with Crippen LogP contribution in [0.4, 0.5) is 0 Å². The van der Waals surface area contributed by atoms with E-state index in [0.717, 1.165) is 6.42 Å². The number of ether oxygens (including phenoxy) is 3. The van der Waals surface area contributed by atoms with Crippen molar-refractivity contribution in [3.63, 3.8) is 0 Å². The molecule has 0 aromatic heterocycles. The molecule has 39 heavy (non-hydrogen) atoms.